The topological polar surface area (TPSA) is 189 Å². The fourth-order valence-electron chi connectivity index (χ4n) is 3.38. The molecule has 0 aromatic heterocycles. The summed E-state index contributed by atoms with van der Waals surface area (Å²) >= 11 is 0. The quantitative estimate of drug-likeness (QED) is 0.0932. The molecule has 0 aliphatic carbocycles. The van der Waals surface area contributed by atoms with Gasteiger partial charge in [0.05, 0.1) is 56.5 Å². The third-order valence-electron chi connectivity index (χ3n) is 4.88. The summed E-state index contributed by atoms with van der Waals surface area (Å²) in [4.78, 5) is 11.9. The third kappa shape index (κ3) is 18.7. The summed E-state index contributed by atoms with van der Waals surface area (Å²) < 4.78 is 98.8. The van der Waals surface area contributed by atoms with E-state index in [1.165, 1.54) is 0 Å². The molecule has 0 spiro atoms. The second-order valence-electron chi connectivity index (χ2n) is 7.83. The van der Waals surface area contributed by atoms with Crippen LogP contribution in [0.1, 0.15) is 51.9 Å². The maximum atomic E-state index is 11.9. The summed E-state index contributed by atoms with van der Waals surface area (Å²) in [7, 11) is -12.7. The Kier molecular flexibility index (Phi) is 14.0. The lowest BCUT2D eigenvalue weighted by Crippen LogP contribution is -2.52. The average Bonchev–Trinajstić information content (AvgIpc) is 2.58. The Morgan fingerprint density at radius 3 is 1.41 bits per heavy atom. The molecule has 12 nitrogen and oxygen atoms in total. The van der Waals surface area contributed by atoms with Gasteiger partial charge in [0.15, 0.2) is 0 Å². The smallest absolute Gasteiger partial charge is 0.306 e. The Labute approximate surface area is 191 Å². The van der Waals surface area contributed by atoms with Crippen LogP contribution >= 0.6 is 0 Å². The van der Waals surface area contributed by atoms with E-state index in [0.29, 0.717) is 13.0 Å². The standard InChI is InChI=1S/C17H35NO11S3/c1-2-3-13-29-17(19)8-4-9-18(10-5-14-30(20,21)22,11-6-15-31(23,24)25)12-7-16-32(26,27)28/h2-16H2,1H3,(H2-,20,21,22,23,24,25,26,27,28)/p+1. The highest BCUT2D eigenvalue weighted by Gasteiger charge is 2.29. The van der Waals surface area contributed by atoms with Gasteiger partial charge in [0.1, 0.15) is 0 Å². The minimum absolute atomic E-state index is 0.0114. The lowest BCUT2D eigenvalue weighted by atomic mass is 10.2. The van der Waals surface area contributed by atoms with Gasteiger partial charge in [-0.2, -0.15) is 25.3 Å². The minimum Gasteiger partial charge on any atom is -0.466 e. The molecule has 0 heterocycles. The molecule has 0 amide bonds. The zero-order valence-electron chi connectivity index (χ0n) is 18.4. The van der Waals surface area contributed by atoms with Gasteiger partial charge in [0.25, 0.3) is 30.4 Å². The molecule has 3 N–H and O–H groups in total. The van der Waals surface area contributed by atoms with Crippen LogP contribution in [0.5, 0.6) is 0 Å². The highest BCUT2D eigenvalue weighted by atomic mass is 32.2. The third-order valence-corrected chi connectivity index (χ3v) is 7.29. The highest BCUT2D eigenvalue weighted by molar-refractivity contribution is 7.86. The molecule has 15 heteroatoms. The predicted octanol–water partition coefficient (Wildman–Crippen LogP) is 0.760. The number of carbonyl (C=O) groups is 1. The number of esters is 1. The Hall–Kier alpha value is -0.840. The molecular weight excluding hydrogens is 490 g/mol. The number of unbranched alkanes of at least 4 members (excludes halogenated alkanes) is 1. The van der Waals surface area contributed by atoms with Gasteiger partial charge in [-0.15, -0.1) is 0 Å². The maximum absolute atomic E-state index is 11.9. The number of rotatable bonds is 19. The SMILES string of the molecule is CCCCOC(=O)CCC[N+](CCCS(=O)(=O)O)(CCCS(=O)(=O)O)CCCS(=O)(=O)O. The van der Waals surface area contributed by atoms with Crippen LogP contribution in [0.2, 0.25) is 0 Å². The second-order valence-corrected chi connectivity index (χ2v) is 12.5. The molecule has 0 aromatic carbocycles. The van der Waals surface area contributed by atoms with Crippen molar-refractivity contribution in [2.75, 3.05) is 50.0 Å². The summed E-state index contributed by atoms with van der Waals surface area (Å²) in [5, 5.41) is 0. The van der Waals surface area contributed by atoms with Crippen LogP contribution in [0.4, 0.5) is 0 Å². The average molecular weight is 527 g/mol. The Morgan fingerprint density at radius 2 is 1.06 bits per heavy atom. The van der Waals surface area contributed by atoms with Crippen LogP contribution in [0.3, 0.4) is 0 Å². The van der Waals surface area contributed by atoms with E-state index in [4.69, 9.17) is 18.4 Å². The van der Waals surface area contributed by atoms with Crippen LogP contribution in [-0.4, -0.2) is 99.4 Å². The highest BCUT2D eigenvalue weighted by Crippen LogP contribution is 2.16. The number of nitrogens with zero attached hydrogens (tertiary/aromatic N) is 1. The van der Waals surface area contributed by atoms with E-state index in [1.54, 1.807) is 0 Å². The largest absolute Gasteiger partial charge is 0.466 e. The Bertz CT molecular complexity index is 774. The first kappa shape index (κ1) is 31.2. The predicted molar refractivity (Wildman–Crippen MR) is 118 cm³/mol. The fraction of sp³-hybridized carbons (Fsp3) is 0.941. The number of carbonyl (C=O) groups excluding carboxylic acids is 1. The first-order chi connectivity index (χ1) is 14.6. The van der Waals surface area contributed by atoms with Gasteiger partial charge in [-0.25, -0.2) is 0 Å². The van der Waals surface area contributed by atoms with Crippen LogP contribution in [0.25, 0.3) is 0 Å². The first-order valence-corrected chi connectivity index (χ1v) is 15.3. The summed E-state index contributed by atoms with van der Waals surface area (Å²) in [6.07, 6.45) is 2.01. The van der Waals surface area contributed by atoms with E-state index in [2.05, 4.69) is 0 Å². The molecule has 0 aliphatic rings. The monoisotopic (exact) mass is 526 g/mol. The lowest BCUT2D eigenvalue weighted by Gasteiger charge is -2.39. The van der Waals surface area contributed by atoms with Crippen LogP contribution < -0.4 is 0 Å². The van der Waals surface area contributed by atoms with Crippen molar-refractivity contribution in [3.8, 4) is 0 Å². The Balaban J connectivity index is 5.33. The molecule has 0 radical (unpaired) electrons. The summed E-state index contributed by atoms with van der Waals surface area (Å²) in [6, 6.07) is 0. The van der Waals surface area contributed by atoms with Crippen molar-refractivity contribution in [3.63, 3.8) is 0 Å². The fourth-order valence-corrected chi connectivity index (χ4v) is 4.86. The molecule has 0 saturated carbocycles. The molecule has 0 aromatic rings. The van der Waals surface area contributed by atoms with Crippen molar-refractivity contribution < 1.29 is 52.9 Å². The second kappa shape index (κ2) is 14.4. The first-order valence-electron chi connectivity index (χ1n) is 10.4. The van der Waals surface area contributed by atoms with Crippen molar-refractivity contribution in [3.05, 3.63) is 0 Å². The van der Waals surface area contributed by atoms with Gasteiger partial charge >= 0.3 is 5.97 Å². The number of ether oxygens (including phenoxy) is 1. The van der Waals surface area contributed by atoms with Gasteiger partial charge in [-0.05, 0) is 6.42 Å². The molecule has 0 unspecified atom stereocenters. The lowest BCUT2D eigenvalue weighted by molar-refractivity contribution is -0.928. The molecule has 0 saturated heterocycles. The van der Waals surface area contributed by atoms with Crippen molar-refractivity contribution in [2.45, 2.75) is 51.9 Å². The van der Waals surface area contributed by atoms with Gasteiger partial charge in [-0.1, -0.05) is 13.3 Å². The van der Waals surface area contributed by atoms with Gasteiger partial charge in [0.2, 0.25) is 0 Å². The van der Waals surface area contributed by atoms with E-state index >= 15 is 0 Å². The van der Waals surface area contributed by atoms with E-state index in [0.717, 1.165) is 12.8 Å². The minimum atomic E-state index is -4.24. The maximum Gasteiger partial charge on any atom is 0.306 e. The van der Waals surface area contributed by atoms with E-state index in [9.17, 15) is 30.0 Å². The van der Waals surface area contributed by atoms with Crippen molar-refractivity contribution in [2.24, 2.45) is 0 Å². The number of hydrogen-bond donors (Lipinski definition) is 3. The number of quaternary nitrogens is 1. The van der Waals surface area contributed by atoms with Gasteiger partial charge in [0, 0.05) is 25.7 Å². The van der Waals surface area contributed by atoms with E-state index in [1.807, 2.05) is 6.92 Å². The summed E-state index contributed by atoms with van der Waals surface area (Å²) in [5.74, 6) is -2.03. The van der Waals surface area contributed by atoms with Gasteiger partial charge < -0.3 is 9.22 Å². The van der Waals surface area contributed by atoms with E-state index < -0.39 is 53.6 Å². The molecular formula is C17H36NO11S3+. The van der Waals surface area contributed by atoms with Crippen LogP contribution in [0.15, 0.2) is 0 Å². The van der Waals surface area contributed by atoms with Gasteiger partial charge in [-0.3, -0.25) is 18.5 Å². The van der Waals surface area contributed by atoms with Crippen molar-refractivity contribution >= 4 is 36.3 Å². The molecule has 0 atom stereocenters. The normalized spacial score (nSPS) is 13.2. The molecule has 0 bridgehead atoms. The molecule has 0 aliphatic heterocycles. The Morgan fingerprint density at radius 1 is 0.688 bits per heavy atom. The molecule has 0 fully saturated rings. The number of hydrogen-bond acceptors (Lipinski definition) is 8. The van der Waals surface area contributed by atoms with E-state index in [-0.39, 0.29) is 56.3 Å². The summed E-state index contributed by atoms with van der Waals surface area (Å²) in [6.45, 7) is 2.99. The zero-order valence-corrected chi connectivity index (χ0v) is 20.8. The van der Waals surface area contributed by atoms with Crippen LogP contribution in [-0.2, 0) is 39.9 Å². The summed E-state index contributed by atoms with van der Waals surface area (Å²) in [5.41, 5.74) is 0. The zero-order chi connectivity index (χ0) is 24.9. The molecule has 192 valence electrons. The van der Waals surface area contributed by atoms with Crippen molar-refractivity contribution in [1.29, 1.82) is 0 Å². The van der Waals surface area contributed by atoms with Crippen LogP contribution in [0, 0.1) is 0 Å². The molecule has 0 rings (SSSR count). The molecule has 32 heavy (non-hydrogen) atoms. The van der Waals surface area contributed by atoms with Crippen molar-refractivity contribution in [1.82, 2.24) is 0 Å².